The van der Waals surface area contributed by atoms with Gasteiger partial charge < -0.3 is 15.3 Å². The van der Waals surface area contributed by atoms with E-state index in [1.165, 1.54) is 4.68 Å². The molecule has 2 heterocycles. The number of aryl methyl sites for hydroxylation is 2. The molecule has 1 aliphatic rings. The number of hydrogen-bond acceptors (Lipinski definition) is 5. The molecule has 7 nitrogen and oxygen atoms in total. The first-order chi connectivity index (χ1) is 12.6. The van der Waals surface area contributed by atoms with Crippen molar-refractivity contribution in [2.24, 2.45) is 12.2 Å². The third kappa shape index (κ3) is 3.80. The van der Waals surface area contributed by atoms with Gasteiger partial charge in [0.1, 0.15) is 5.69 Å². The predicted octanol–water partition coefficient (Wildman–Crippen LogP) is 2.03. The van der Waals surface area contributed by atoms with Crippen molar-refractivity contribution < 1.29 is 27.9 Å². The Morgan fingerprint density at radius 3 is 2.56 bits per heavy atom. The van der Waals surface area contributed by atoms with Crippen LogP contribution in [0.2, 0.25) is 0 Å². The first-order valence-corrected chi connectivity index (χ1v) is 8.01. The second-order valence-electron chi connectivity index (χ2n) is 6.26. The van der Waals surface area contributed by atoms with Gasteiger partial charge in [0.15, 0.2) is 0 Å². The molecule has 27 heavy (non-hydrogen) atoms. The highest BCUT2D eigenvalue weighted by Gasteiger charge is 2.60. The van der Waals surface area contributed by atoms with Gasteiger partial charge in [-0.1, -0.05) is 29.4 Å². The number of nitrogens with one attached hydrogen (secondary N) is 1. The summed E-state index contributed by atoms with van der Waals surface area (Å²) >= 11 is 0. The van der Waals surface area contributed by atoms with Gasteiger partial charge in [-0.15, -0.1) is 0 Å². The Balaban J connectivity index is 1.61. The van der Waals surface area contributed by atoms with Gasteiger partial charge in [0, 0.05) is 13.6 Å². The van der Waals surface area contributed by atoms with E-state index in [9.17, 15) is 23.1 Å². The molecule has 10 heteroatoms. The molecule has 1 unspecified atom stereocenters. The summed E-state index contributed by atoms with van der Waals surface area (Å²) in [4.78, 5) is 16.3. The summed E-state index contributed by atoms with van der Waals surface area (Å²) in [5.74, 6) is -3.58. The number of benzene rings is 1. The van der Waals surface area contributed by atoms with Crippen LogP contribution in [0.5, 0.6) is 0 Å². The summed E-state index contributed by atoms with van der Waals surface area (Å²) < 4.78 is 39.7. The summed E-state index contributed by atoms with van der Waals surface area (Å²) in [7, 11) is 1.67. The van der Waals surface area contributed by atoms with Crippen molar-refractivity contribution >= 4 is 11.6 Å². The Bertz CT molecular complexity index is 890. The molecule has 144 valence electrons. The number of carbonyl (C=O) groups is 1. The maximum Gasteiger partial charge on any atom is 0.458 e. The lowest BCUT2D eigenvalue weighted by atomic mass is 10.0. The van der Waals surface area contributed by atoms with Gasteiger partial charge in [0.05, 0.1) is 17.8 Å². The van der Waals surface area contributed by atoms with Crippen molar-refractivity contribution in [3.05, 3.63) is 52.8 Å². The molecular formula is C17H17F3N4O3. The SMILES string of the molecule is Cc1cc(C(=O)NCc2ccc(C3=NOC(O)(C(F)(F)F)C3)cc2)n(C)n1. The number of alkyl halides is 3. The first kappa shape index (κ1) is 18.9. The molecule has 1 aromatic heterocycles. The highest BCUT2D eigenvalue weighted by molar-refractivity contribution is 6.01. The van der Waals surface area contributed by atoms with Crippen LogP contribution in [0.25, 0.3) is 0 Å². The van der Waals surface area contributed by atoms with E-state index in [0.717, 1.165) is 11.3 Å². The number of carbonyl (C=O) groups excluding carboxylic acids is 1. The molecule has 0 aliphatic carbocycles. The van der Waals surface area contributed by atoms with E-state index in [-0.39, 0.29) is 18.2 Å². The van der Waals surface area contributed by atoms with Crippen LogP contribution in [-0.4, -0.2) is 38.5 Å². The summed E-state index contributed by atoms with van der Waals surface area (Å²) in [6.07, 6.45) is -5.72. The molecule has 3 rings (SSSR count). The second kappa shape index (κ2) is 6.69. The molecule has 2 N–H and O–H groups in total. The monoisotopic (exact) mass is 382 g/mol. The van der Waals surface area contributed by atoms with Crippen molar-refractivity contribution in [2.75, 3.05) is 0 Å². The molecule has 0 saturated carbocycles. The van der Waals surface area contributed by atoms with Gasteiger partial charge >= 0.3 is 12.0 Å². The van der Waals surface area contributed by atoms with E-state index >= 15 is 0 Å². The number of aliphatic hydroxyl groups is 1. The molecule has 1 atom stereocenters. The van der Waals surface area contributed by atoms with E-state index in [1.807, 2.05) is 0 Å². The van der Waals surface area contributed by atoms with Gasteiger partial charge in [-0.3, -0.25) is 9.48 Å². The number of oxime groups is 1. The molecule has 0 bridgehead atoms. The zero-order valence-corrected chi connectivity index (χ0v) is 14.5. The van der Waals surface area contributed by atoms with Gasteiger partial charge in [0.25, 0.3) is 5.91 Å². The van der Waals surface area contributed by atoms with Crippen LogP contribution in [-0.2, 0) is 18.4 Å². The quantitative estimate of drug-likeness (QED) is 0.847. The normalized spacial score (nSPS) is 19.6. The van der Waals surface area contributed by atoms with Crippen LogP contribution in [0, 0.1) is 6.92 Å². The number of hydrogen-bond donors (Lipinski definition) is 2. The van der Waals surface area contributed by atoms with Gasteiger partial charge in [-0.2, -0.15) is 18.3 Å². The largest absolute Gasteiger partial charge is 0.458 e. The van der Waals surface area contributed by atoms with Crippen LogP contribution in [0.15, 0.2) is 35.5 Å². The number of amides is 1. The Kier molecular flexibility index (Phi) is 4.68. The van der Waals surface area contributed by atoms with Crippen molar-refractivity contribution in [3.8, 4) is 0 Å². The lowest BCUT2D eigenvalue weighted by Gasteiger charge is -2.22. The minimum absolute atomic E-state index is 0.00392. The van der Waals surface area contributed by atoms with Crippen LogP contribution < -0.4 is 5.32 Å². The number of halogens is 3. The maximum atomic E-state index is 12.7. The molecule has 1 aliphatic heterocycles. The van der Waals surface area contributed by atoms with Crippen LogP contribution in [0.4, 0.5) is 13.2 Å². The summed E-state index contributed by atoms with van der Waals surface area (Å²) in [6, 6.07) is 8.08. The van der Waals surface area contributed by atoms with E-state index in [2.05, 4.69) is 20.4 Å². The third-order valence-corrected chi connectivity index (χ3v) is 4.13. The van der Waals surface area contributed by atoms with Crippen LogP contribution in [0.3, 0.4) is 0 Å². The highest BCUT2D eigenvalue weighted by Crippen LogP contribution is 2.38. The molecule has 0 radical (unpaired) electrons. The summed E-state index contributed by atoms with van der Waals surface area (Å²) in [6.45, 7) is 2.02. The number of aromatic nitrogens is 2. The van der Waals surface area contributed by atoms with Gasteiger partial charge in [0.2, 0.25) is 0 Å². The van der Waals surface area contributed by atoms with Crippen LogP contribution >= 0.6 is 0 Å². The first-order valence-electron chi connectivity index (χ1n) is 8.01. The second-order valence-corrected chi connectivity index (χ2v) is 6.26. The van der Waals surface area contributed by atoms with Crippen molar-refractivity contribution in [1.29, 1.82) is 0 Å². The van der Waals surface area contributed by atoms with Crippen LogP contribution in [0.1, 0.15) is 33.7 Å². The van der Waals surface area contributed by atoms with E-state index < -0.39 is 18.4 Å². The molecule has 0 fully saturated rings. The fourth-order valence-corrected chi connectivity index (χ4v) is 2.64. The molecule has 1 amide bonds. The van der Waals surface area contributed by atoms with E-state index in [1.54, 1.807) is 44.3 Å². The lowest BCUT2D eigenvalue weighted by molar-refractivity contribution is -0.355. The minimum Gasteiger partial charge on any atom is -0.350 e. The fraction of sp³-hybridized carbons (Fsp3) is 0.353. The molecular weight excluding hydrogens is 365 g/mol. The lowest BCUT2D eigenvalue weighted by Crippen LogP contribution is -2.45. The third-order valence-electron chi connectivity index (χ3n) is 4.13. The Morgan fingerprint density at radius 1 is 1.37 bits per heavy atom. The van der Waals surface area contributed by atoms with Gasteiger partial charge in [-0.05, 0) is 24.1 Å². The number of nitrogens with zero attached hydrogens (tertiary/aromatic N) is 3. The zero-order valence-electron chi connectivity index (χ0n) is 14.5. The number of rotatable bonds is 4. The molecule has 0 spiro atoms. The molecule has 0 saturated heterocycles. The standard InChI is InChI=1S/C17H17F3N4O3/c1-10-7-14(24(2)22-10)15(25)21-9-11-3-5-12(6-4-11)13-8-16(26,27-23-13)17(18,19)20/h3-7,26H,8-9H2,1-2H3,(H,21,25). The maximum absolute atomic E-state index is 12.7. The van der Waals surface area contributed by atoms with Gasteiger partial charge in [-0.25, -0.2) is 0 Å². The average Bonchev–Trinajstić information content (AvgIpc) is 3.16. The van der Waals surface area contributed by atoms with E-state index in [0.29, 0.717) is 11.3 Å². The molecule has 1 aromatic carbocycles. The summed E-state index contributed by atoms with van der Waals surface area (Å²) in [5.41, 5.74) is 2.29. The Hall–Kier alpha value is -2.88. The smallest absolute Gasteiger partial charge is 0.350 e. The Labute approximate surface area is 152 Å². The Morgan fingerprint density at radius 2 is 2.04 bits per heavy atom. The van der Waals surface area contributed by atoms with Crippen molar-refractivity contribution in [1.82, 2.24) is 15.1 Å². The van der Waals surface area contributed by atoms with Crippen molar-refractivity contribution in [2.45, 2.75) is 31.9 Å². The zero-order chi connectivity index (χ0) is 19.8. The predicted molar refractivity (Wildman–Crippen MR) is 88.8 cm³/mol. The van der Waals surface area contributed by atoms with E-state index in [4.69, 9.17) is 0 Å². The summed E-state index contributed by atoms with van der Waals surface area (Å²) in [5, 5.41) is 19.7. The minimum atomic E-state index is -4.94. The topological polar surface area (TPSA) is 88.7 Å². The fourth-order valence-electron chi connectivity index (χ4n) is 2.64. The average molecular weight is 382 g/mol. The highest BCUT2D eigenvalue weighted by atomic mass is 19.4. The van der Waals surface area contributed by atoms with Crippen molar-refractivity contribution in [3.63, 3.8) is 0 Å². The molecule has 2 aromatic rings.